The summed E-state index contributed by atoms with van der Waals surface area (Å²) in [6.07, 6.45) is 2.38. The molecule has 50 heavy (non-hydrogen) atoms. The number of imidazole rings is 1. The highest BCUT2D eigenvalue weighted by atomic mass is 31.2. The van der Waals surface area contributed by atoms with Gasteiger partial charge in [-0.05, 0) is 106 Å². The minimum atomic E-state index is -3.66. The Hall–Kier alpha value is -3.28. The minimum absolute atomic E-state index is 0.0550. The van der Waals surface area contributed by atoms with Crippen LogP contribution in [0.2, 0.25) is 0 Å². The average Bonchev–Trinajstić information content (AvgIpc) is 3.38. The van der Waals surface area contributed by atoms with Crippen molar-refractivity contribution in [1.82, 2.24) is 19.4 Å². The van der Waals surface area contributed by atoms with Crippen LogP contribution in [0.5, 0.6) is 0 Å². The molecule has 280 valence electrons. The second-order valence-corrected chi connectivity index (χ2v) is 18.7. The first-order valence-electron chi connectivity index (χ1n) is 17.2. The van der Waals surface area contributed by atoms with E-state index < -0.39 is 47.5 Å². The molecule has 14 heteroatoms. The number of halogens is 1. The number of rotatable bonds is 11. The van der Waals surface area contributed by atoms with Crippen LogP contribution in [0.25, 0.3) is 11.3 Å². The molecule has 1 fully saturated rings. The predicted octanol–water partition coefficient (Wildman–Crippen LogP) is 7.78. The molecular weight excluding hydrogens is 666 g/mol. The van der Waals surface area contributed by atoms with E-state index in [4.69, 9.17) is 18.7 Å². The Balaban J connectivity index is 1.96. The van der Waals surface area contributed by atoms with Gasteiger partial charge in [0.2, 0.25) is 7.37 Å². The molecule has 2 aromatic rings. The molecule has 1 aromatic carbocycles. The Bertz CT molecular complexity index is 1530. The van der Waals surface area contributed by atoms with E-state index in [9.17, 15) is 23.3 Å². The molecule has 1 aliphatic heterocycles. The second kappa shape index (κ2) is 15.9. The molecule has 3 rings (SSSR count). The monoisotopic (exact) mass is 722 g/mol. The number of hydrogen-bond donors (Lipinski definition) is 0. The third kappa shape index (κ3) is 10.9. The summed E-state index contributed by atoms with van der Waals surface area (Å²) in [5, 5.41) is -1.55. The van der Waals surface area contributed by atoms with Crippen molar-refractivity contribution in [3.05, 3.63) is 42.1 Å². The molecule has 0 N–H and O–H groups in total. The lowest BCUT2D eigenvalue weighted by atomic mass is 9.97. The summed E-state index contributed by atoms with van der Waals surface area (Å²) in [5.74, 6) is -1.02. The first kappa shape index (κ1) is 41.1. The Kier molecular flexibility index (Phi) is 13.1. The number of imide groups is 1. The first-order valence-corrected chi connectivity index (χ1v) is 19.0. The lowest BCUT2D eigenvalue weighted by molar-refractivity contribution is -0.160. The van der Waals surface area contributed by atoms with E-state index >= 15 is 0 Å². The van der Waals surface area contributed by atoms with Crippen molar-refractivity contribution in [3.63, 3.8) is 0 Å². The lowest BCUT2D eigenvalue weighted by Crippen LogP contribution is -2.56. The number of carbonyl (C=O) groups is 3. The van der Waals surface area contributed by atoms with Gasteiger partial charge in [-0.2, -0.15) is 0 Å². The molecule has 1 unspecified atom stereocenters. The summed E-state index contributed by atoms with van der Waals surface area (Å²) < 4.78 is 54.1. The molecule has 1 aliphatic rings. The van der Waals surface area contributed by atoms with Crippen LogP contribution in [0.15, 0.2) is 30.7 Å². The van der Waals surface area contributed by atoms with Gasteiger partial charge >= 0.3 is 18.2 Å². The van der Waals surface area contributed by atoms with Crippen molar-refractivity contribution < 1.29 is 42.1 Å². The SMILES string of the molecule is CCOP1(=O)CCN(Cc2ccc(F)cc2-c2cncn2C)C[C@@]1(CCCCN(C(=O)OC(C)(C)C)C(=O)OC(C)(C)C)C(=O)OC(C)(C)C. The van der Waals surface area contributed by atoms with Gasteiger partial charge in [0, 0.05) is 45.0 Å². The van der Waals surface area contributed by atoms with Crippen molar-refractivity contribution in [3.8, 4) is 11.3 Å². The van der Waals surface area contributed by atoms with Crippen LogP contribution in [0.4, 0.5) is 14.0 Å². The Labute approximate surface area is 296 Å². The topological polar surface area (TPSA) is 130 Å². The molecule has 0 bridgehead atoms. The summed E-state index contributed by atoms with van der Waals surface area (Å²) >= 11 is 0. The van der Waals surface area contributed by atoms with Gasteiger partial charge < -0.3 is 23.3 Å². The third-order valence-electron chi connectivity index (χ3n) is 7.97. The molecule has 1 saturated heterocycles. The van der Waals surface area contributed by atoms with Crippen molar-refractivity contribution >= 4 is 25.5 Å². The van der Waals surface area contributed by atoms with Crippen molar-refractivity contribution in [1.29, 1.82) is 0 Å². The fourth-order valence-corrected chi connectivity index (χ4v) is 8.87. The fourth-order valence-electron chi connectivity index (χ4n) is 5.86. The number of hydrogen-bond acceptors (Lipinski definition) is 10. The number of unbranched alkanes of at least 4 members (excludes halogenated alkanes) is 1. The quantitative estimate of drug-likeness (QED) is 0.0981. The van der Waals surface area contributed by atoms with E-state index in [1.54, 1.807) is 92.4 Å². The summed E-state index contributed by atoms with van der Waals surface area (Å²) in [7, 11) is -1.83. The van der Waals surface area contributed by atoms with Gasteiger partial charge in [-0.15, -0.1) is 0 Å². The summed E-state index contributed by atoms with van der Waals surface area (Å²) in [6.45, 7) is 18.1. The van der Waals surface area contributed by atoms with E-state index in [1.807, 2.05) is 11.9 Å². The maximum atomic E-state index is 14.8. The smallest absolute Gasteiger partial charge is 0.419 e. The number of esters is 1. The van der Waals surface area contributed by atoms with Gasteiger partial charge in [0.05, 0.1) is 24.8 Å². The molecule has 2 atom stereocenters. The molecule has 2 heterocycles. The molecule has 12 nitrogen and oxygen atoms in total. The highest BCUT2D eigenvalue weighted by molar-refractivity contribution is 7.62. The van der Waals surface area contributed by atoms with Crippen LogP contribution in [-0.4, -0.2) is 91.9 Å². The Morgan fingerprint density at radius 1 is 0.960 bits per heavy atom. The number of aryl methyl sites for hydroxylation is 1. The summed E-state index contributed by atoms with van der Waals surface area (Å²) in [5.41, 5.74) is -0.377. The van der Waals surface area contributed by atoms with Crippen LogP contribution in [0, 0.1) is 5.82 Å². The van der Waals surface area contributed by atoms with Crippen molar-refractivity contribution in [2.24, 2.45) is 7.05 Å². The van der Waals surface area contributed by atoms with Crippen LogP contribution in [-0.2, 0) is 41.7 Å². The highest BCUT2D eigenvalue weighted by Gasteiger charge is 2.59. The maximum absolute atomic E-state index is 14.8. The van der Waals surface area contributed by atoms with Crippen molar-refractivity contribution in [2.45, 2.75) is 117 Å². The van der Waals surface area contributed by atoms with Gasteiger partial charge in [0.1, 0.15) is 22.6 Å². The first-order chi connectivity index (χ1) is 23.0. The van der Waals surface area contributed by atoms with Gasteiger partial charge in [0.25, 0.3) is 0 Å². The zero-order valence-electron chi connectivity index (χ0n) is 31.6. The van der Waals surface area contributed by atoms with E-state index in [0.29, 0.717) is 25.1 Å². The van der Waals surface area contributed by atoms with E-state index in [-0.39, 0.29) is 44.5 Å². The Morgan fingerprint density at radius 2 is 1.56 bits per heavy atom. The number of aromatic nitrogens is 2. The summed E-state index contributed by atoms with van der Waals surface area (Å²) in [4.78, 5) is 47.6. The predicted molar refractivity (Wildman–Crippen MR) is 190 cm³/mol. The standard InChI is InChI=1S/C36H56FN4O8P/c1-12-46-50(45)20-19-40(23-26-15-16-27(37)21-28(26)29-22-38-25-39(29)11)24-36(50,30(42)47-33(2,3)4)17-13-14-18-41(31(43)48-34(5,6)7)32(44)49-35(8,9)10/h15-16,21-22,25H,12-14,17-20,23-24H2,1-11H3/t36-,50?/m0/s1. The highest BCUT2D eigenvalue weighted by Crippen LogP contribution is 2.64. The normalized spacial score (nSPS) is 20.3. The number of carbonyl (C=O) groups excluding carboxylic acids is 3. The molecular formula is C36H56FN4O8P. The largest absolute Gasteiger partial charge is 0.459 e. The molecule has 1 aromatic heterocycles. The van der Waals surface area contributed by atoms with Gasteiger partial charge in [-0.25, -0.2) is 23.9 Å². The van der Waals surface area contributed by atoms with E-state index in [2.05, 4.69) is 4.98 Å². The zero-order valence-corrected chi connectivity index (χ0v) is 32.5. The van der Waals surface area contributed by atoms with Crippen LogP contribution in [0.3, 0.4) is 0 Å². The fraction of sp³-hybridized carbons (Fsp3) is 0.667. The molecule has 0 saturated carbocycles. The van der Waals surface area contributed by atoms with Crippen LogP contribution in [0.1, 0.15) is 94.1 Å². The van der Waals surface area contributed by atoms with Crippen LogP contribution >= 0.6 is 7.37 Å². The van der Waals surface area contributed by atoms with Gasteiger partial charge in [-0.3, -0.25) is 14.3 Å². The maximum Gasteiger partial charge on any atom is 0.419 e. The number of benzene rings is 1. The molecule has 0 aliphatic carbocycles. The second-order valence-electron chi connectivity index (χ2n) is 15.8. The number of nitrogens with zero attached hydrogens (tertiary/aromatic N) is 4. The van der Waals surface area contributed by atoms with E-state index in [1.165, 1.54) is 12.1 Å². The summed E-state index contributed by atoms with van der Waals surface area (Å²) in [6, 6.07) is 4.57. The van der Waals surface area contributed by atoms with Crippen molar-refractivity contribution in [2.75, 3.05) is 32.4 Å². The minimum Gasteiger partial charge on any atom is -0.459 e. The molecule has 2 amide bonds. The van der Waals surface area contributed by atoms with Gasteiger partial charge in [0.15, 0.2) is 5.16 Å². The molecule has 0 radical (unpaired) electrons. The van der Waals surface area contributed by atoms with E-state index in [0.717, 1.165) is 16.2 Å². The van der Waals surface area contributed by atoms with Gasteiger partial charge in [-0.1, -0.05) is 6.07 Å². The molecule has 0 spiro atoms. The number of ether oxygens (including phenoxy) is 3. The van der Waals surface area contributed by atoms with Crippen LogP contribution < -0.4 is 0 Å². The zero-order chi connectivity index (χ0) is 37.7. The number of amides is 2. The Morgan fingerprint density at radius 3 is 2.08 bits per heavy atom. The average molecular weight is 723 g/mol. The third-order valence-corrected chi connectivity index (χ3v) is 11.3. The lowest BCUT2D eigenvalue weighted by Gasteiger charge is -2.46.